The number of aromatic nitrogens is 3. The summed E-state index contributed by atoms with van der Waals surface area (Å²) in [5, 5.41) is 12.7. The fourth-order valence-corrected chi connectivity index (χ4v) is 5.73. The Labute approximate surface area is 214 Å². The molecule has 8 nitrogen and oxygen atoms in total. The molecule has 0 fully saturated rings. The summed E-state index contributed by atoms with van der Waals surface area (Å²) < 4.78 is 13.0. The van der Waals surface area contributed by atoms with E-state index in [0.29, 0.717) is 34.5 Å². The minimum absolute atomic E-state index is 0.130. The molecule has 0 spiro atoms. The highest BCUT2D eigenvalue weighted by Crippen LogP contribution is 2.34. The van der Waals surface area contributed by atoms with Crippen molar-refractivity contribution in [3.05, 3.63) is 51.7 Å². The second-order valence-corrected chi connectivity index (χ2v) is 10.0. The minimum Gasteiger partial charge on any atom is -0.483 e. The molecule has 0 aliphatic carbocycles. The van der Waals surface area contributed by atoms with Crippen molar-refractivity contribution in [3.63, 3.8) is 0 Å². The van der Waals surface area contributed by atoms with Gasteiger partial charge in [-0.05, 0) is 56.9 Å². The molecule has 2 heterocycles. The summed E-state index contributed by atoms with van der Waals surface area (Å²) in [7, 11) is 1.34. The largest absolute Gasteiger partial charge is 0.483 e. The van der Waals surface area contributed by atoms with E-state index in [1.165, 1.54) is 35.8 Å². The predicted octanol–water partition coefficient (Wildman–Crippen LogP) is 5.45. The molecule has 0 saturated carbocycles. The van der Waals surface area contributed by atoms with Crippen molar-refractivity contribution in [1.29, 1.82) is 0 Å². The van der Waals surface area contributed by atoms with Gasteiger partial charge in [0.05, 0.1) is 18.4 Å². The number of thioether (sulfide) groups is 1. The number of nitrogens with zero attached hydrogens (tertiary/aromatic N) is 3. The first-order chi connectivity index (χ1) is 16.8. The molecular formula is C25H32N4O4S2. The second kappa shape index (κ2) is 12.2. The molecule has 0 radical (unpaired) electrons. The quantitative estimate of drug-likeness (QED) is 0.267. The Balaban J connectivity index is 1.67. The lowest BCUT2D eigenvalue weighted by Gasteiger charge is -2.16. The van der Waals surface area contributed by atoms with Gasteiger partial charge in [0.25, 0.3) is 0 Å². The van der Waals surface area contributed by atoms with Crippen LogP contribution in [0, 0.1) is 6.92 Å². The van der Waals surface area contributed by atoms with Crippen molar-refractivity contribution in [2.45, 2.75) is 65.3 Å². The molecule has 1 N–H and O–H groups in total. The Morgan fingerprint density at radius 3 is 2.46 bits per heavy atom. The Morgan fingerprint density at radius 2 is 1.86 bits per heavy atom. The van der Waals surface area contributed by atoms with Crippen molar-refractivity contribution in [1.82, 2.24) is 14.8 Å². The van der Waals surface area contributed by atoms with Gasteiger partial charge in [0.15, 0.2) is 17.1 Å². The van der Waals surface area contributed by atoms with E-state index in [1.807, 2.05) is 44.4 Å². The molecule has 0 aliphatic rings. The zero-order valence-electron chi connectivity index (χ0n) is 21.0. The molecule has 2 aromatic heterocycles. The first-order valence-corrected chi connectivity index (χ1v) is 13.4. The number of anilines is 1. The van der Waals surface area contributed by atoms with Gasteiger partial charge < -0.3 is 19.4 Å². The molecule has 0 aliphatic heterocycles. The number of nitrogens with one attached hydrogen (secondary N) is 1. The molecule has 3 rings (SSSR count). The van der Waals surface area contributed by atoms with Crippen molar-refractivity contribution < 1.29 is 19.1 Å². The number of esters is 1. The van der Waals surface area contributed by atoms with Crippen molar-refractivity contribution in [3.8, 4) is 5.75 Å². The predicted molar refractivity (Wildman–Crippen MR) is 140 cm³/mol. The van der Waals surface area contributed by atoms with Crippen LogP contribution in [-0.4, -0.2) is 39.5 Å². The Morgan fingerprint density at radius 1 is 1.14 bits per heavy atom. The van der Waals surface area contributed by atoms with Crippen LogP contribution >= 0.6 is 23.1 Å². The van der Waals surface area contributed by atoms with Crippen LogP contribution in [0.5, 0.6) is 5.75 Å². The number of carbonyl (C=O) groups is 2. The van der Waals surface area contributed by atoms with Crippen molar-refractivity contribution in [2.75, 3.05) is 18.2 Å². The van der Waals surface area contributed by atoms with Crippen molar-refractivity contribution >= 4 is 40.0 Å². The standard InChI is InChI=1S/C25H32N4O4S2/c1-7-17-10-12-18(13-11-17)33-15(4)22-27-28-25(29(22)9-3)34-14-20(30)26-23-21(24(31)32-6)19(8-2)16(5)35-23/h10-13,15H,7-9,14H2,1-6H3,(H,26,30). The number of ether oxygens (including phenoxy) is 2. The molecule has 10 heteroatoms. The molecule has 188 valence electrons. The lowest BCUT2D eigenvalue weighted by molar-refractivity contribution is -0.113. The number of amides is 1. The molecule has 3 aromatic rings. The second-order valence-electron chi connectivity index (χ2n) is 7.87. The van der Waals surface area contributed by atoms with E-state index < -0.39 is 5.97 Å². The van der Waals surface area contributed by atoms with E-state index in [9.17, 15) is 9.59 Å². The summed E-state index contributed by atoms with van der Waals surface area (Å²) in [6, 6.07) is 8.02. The normalized spacial score (nSPS) is 11.8. The highest BCUT2D eigenvalue weighted by atomic mass is 32.2. The Kier molecular flexibility index (Phi) is 9.33. The fourth-order valence-electron chi connectivity index (χ4n) is 3.77. The Bertz CT molecular complexity index is 1170. The third-order valence-corrected chi connectivity index (χ3v) is 7.64. The average molecular weight is 517 g/mol. The van der Waals surface area contributed by atoms with Gasteiger partial charge in [-0.3, -0.25) is 4.79 Å². The highest BCUT2D eigenvalue weighted by molar-refractivity contribution is 7.99. The van der Waals surface area contributed by atoms with Gasteiger partial charge in [-0.2, -0.15) is 0 Å². The lowest BCUT2D eigenvalue weighted by atomic mass is 10.1. The smallest absolute Gasteiger partial charge is 0.341 e. The van der Waals surface area contributed by atoms with E-state index >= 15 is 0 Å². The van der Waals surface area contributed by atoms with Gasteiger partial charge in [-0.15, -0.1) is 21.5 Å². The van der Waals surface area contributed by atoms with Crippen LogP contribution in [0.25, 0.3) is 0 Å². The number of methoxy groups -OCH3 is 1. The van der Waals surface area contributed by atoms with Gasteiger partial charge in [-0.25, -0.2) is 4.79 Å². The zero-order valence-corrected chi connectivity index (χ0v) is 22.6. The molecule has 1 amide bonds. The lowest BCUT2D eigenvalue weighted by Crippen LogP contribution is -2.17. The maximum atomic E-state index is 12.7. The molecule has 1 atom stereocenters. The van der Waals surface area contributed by atoms with E-state index in [-0.39, 0.29) is 17.8 Å². The van der Waals surface area contributed by atoms with Crippen LogP contribution in [0.15, 0.2) is 29.4 Å². The van der Waals surface area contributed by atoms with Crippen LogP contribution in [0.1, 0.15) is 66.0 Å². The van der Waals surface area contributed by atoms with Crippen molar-refractivity contribution in [2.24, 2.45) is 0 Å². The topological polar surface area (TPSA) is 95.3 Å². The van der Waals surface area contributed by atoms with E-state index in [2.05, 4.69) is 34.6 Å². The van der Waals surface area contributed by atoms with Gasteiger partial charge >= 0.3 is 5.97 Å². The molecule has 1 unspecified atom stereocenters. The molecule has 1 aromatic carbocycles. The van der Waals surface area contributed by atoms with E-state index in [1.54, 1.807) is 0 Å². The van der Waals surface area contributed by atoms with Crippen LogP contribution in [0.2, 0.25) is 0 Å². The Hall–Kier alpha value is -2.85. The zero-order chi connectivity index (χ0) is 25.5. The van der Waals surface area contributed by atoms with Gasteiger partial charge in [-0.1, -0.05) is 37.7 Å². The van der Waals surface area contributed by atoms with Crippen LogP contribution in [-0.2, 0) is 28.9 Å². The van der Waals surface area contributed by atoms with Crippen LogP contribution in [0.4, 0.5) is 5.00 Å². The summed E-state index contributed by atoms with van der Waals surface area (Å²) >= 11 is 2.68. The first kappa shape index (κ1) is 26.7. The third-order valence-electron chi connectivity index (χ3n) is 5.61. The number of hydrogen-bond donors (Lipinski definition) is 1. The van der Waals surface area contributed by atoms with Crippen LogP contribution in [0.3, 0.4) is 0 Å². The number of benzene rings is 1. The maximum Gasteiger partial charge on any atom is 0.341 e. The first-order valence-electron chi connectivity index (χ1n) is 11.6. The molecule has 0 bridgehead atoms. The monoisotopic (exact) mass is 516 g/mol. The average Bonchev–Trinajstić information content (AvgIpc) is 3.42. The summed E-state index contributed by atoms with van der Waals surface area (Å²) in [6.45, 7) is 10.6. The van der Waals surface area contributed by atoms with Gasteiger partial charge in [0, 0.05) is 11.4 Å². The number of hydrogen-bond acceptors (Lipinski definition) is 8. The summed E-state index contributed by atoms with van der Waals surface area (Å²) in [5.41, 5.74) is 2.59. The van der Waals surface area contributed by atoms with E-state index in [0.717, 1.165) is 22.6 Å². The van der Waals surface area contributed by atoms with Gasteiger partial charge in [0.2, 0.25) is 5.91 Å². The molecule has 35 heavy (non-hydrogen) atoms. The highest BCUT2D eigenvalue weighted by Gasteiger charge is 2.24. The third kappa shape index (κ3) is 6.24. The number of aryl methyl sites for hydroxylation is 2. The summed E-state index contributed by atoms with van der Waals surface area (Å²) in [5.74, 6) is 0.932. The van der Waals surface area contributed by atoms with Crippen LogP contribution < -0.4 is 10.1 Å². The maximum absolute atomic E-state index is 12.7. The number of thiophene rings is 1. The fraction of sp³-hybridized carbons (Fsp3) is 0.440. The summed E-state index contributed by atoms with van der Waals surface area (Å²) in [4.78, 5) is 26.0. The van der Waals surface area contributed by atoms with Gasteiger partial charge in [0.1, 0.15) is 10.8 Å². The minimum atomic E-state index is -0.442. The molecule has 0 saturated heterocycles. The number of rotatable bonds is 11. The SMILES string of the molecule is CCc1ccc(OC(C)c2nnc(SCC(=O)Nc3sc(C)c(CC)c3C(=O)OC)n2CC)cc1. The number of carbonyl (C=O) groups excluding carboxylic acids is 2. The summed E-state index contributed by atoms with van der Waals surface area (Å²) in [6.07, 6.45) is 1.36. The molecular weight excluding hydrogens is 484 g/mol. The van der Waals surface area contributed by atoms with E-state index in [4.69, 9.17) is 9.47 Å².